The highest BCUT2D eigenvalue weighted by atomic mass is 31.1. The van der Waals surface area contributed by atoms with Gasteiger partial charge in [0.1, 0.15) is 13.2 Å². The lowest BCUT2D eigenvalue weighted by Crippen LogP contribution is -2.24. The van der Waals surface area contributed by atoms with E-state index >= 15 is 0 Å². The van der Waals surface area contributed by atoms with Gasteiger partial charge in [-0.1, -0.05) is 0 Å². The Labute approximate surface area is 78.9 Å². The molecule has 0 rings (SSSR count). The maximum absolute atomic E-state index is 10.7. The largest absolute Gasteiger partial charge is 0.320 e. The van der Waals surface area contributed by atoms with Gasteiger partial charge in [0.05, 0.1) is 0 Å². The first-order valence-corrected chi connectivity index (χ1v) is 4.48. The highest BCUT2D eigenvalue weighted by molar-refractivity contribution is 7.33. The Bertz CT molecular complexity index is 210. The first kappa shape index (κ1) is 13.0. The summed E-state index contributed by atoms with van der Waals surface area (Å²) in [5, 5.41) is 16.0. The van der Waals surface area contributed by atoms with Crippen molar-refractivity contribution in [1.29, 1.82) is 0 Å². The van der Waals surface area contributed by atoms with Gasteiger partial charge < -0.3 is 9.05 Å². The summed E-state index contributed by atoms with van der Waals surface area (Å²) in [6, 6.07) is 0. The first-order chi connectivity index (χ1) is 6.60. The summed E-state index contributed by atoms with van der Waals surface area (Å²) >= 11 is 0. The first-order valence-electron chi connectivity index (χ1n) is 3.25. The number of rotatable bonds is 6. The highest BCUT2D eigenvalue weighted by Crippen LogP contribution is 2.22. The molecule has 0 aliphatic heterocycles. The molecule has 2 amide bonds. The van der Waals surface area contributed by atoms with Crippen molar-refractivity contribution in [3.8, 4) is 0 Å². The fraction of sp³-hybridized carbons (Fsp3) is 0.500. The van der Waals surface area contributed by atoms with Crippen LogP contribution in [0.15, 0.2) is 0 Å². The lowest BCUT2D eigenvalue weighted by atomic mass is 10.7. The standard InChI is InChI=1S/C4H9N2O7P/c7-3(5-9)1-12-14(11)13-2-4(8)6-10/h9-10,14H,1-2H2,(H,5,7)(H,6,8). The molecule has 9 nitrogen and oxygen atoms in total. The van der Waals surface area contributed by atoms with Crippen LogP contribution in [-0.4, -0.2) is 35.4 Å². The van der Waals surface area contributed by atoms with Gasteiger partial charge in [0.2, 0.25) is 0 Å². The summed E-state index contributed by atoms with van der Waals surface area (Å²) in [5.74, 6) is -1.81. The maximum Gasteiger partial charge on any atom is 0.320 e. The number of amides is 2. The number of nitrogens with one attached hydrogen (secondary N) is 2. The van der Waals surface area contributed by atoms with E-state index in [9.17, 15) is 14.2 Å². The van der Waals surface area contributed by atoms with Crippen LogP contribution in [0.2, 0.25) is 0 Å². The number of hydrogen-bond donors (Lipinski definition) is 4. The Hall–Kier alpha value is -0.990. The van der Waals surface area contributed by atoms with E-state index in [1.165, 1.54) is 11.0 Å². The molecule has 0 heterocycles. The predicted octanol–water partition coefficient (Wildman–Crippen LogP) is -1.58. The average molecular weight is 228 g/mol. The summed E-state index contributed by atoms with van der Waals surface area (Å²) in [7, 11) is -2.99. The van der Waals surface area contributed by atoms with Crippen molar-refractivity contribution >= 4 is 20.1 Å². The molecule has 0 atom stereocenters. The summed E-state index contributed by atoms with van der Waals surface area (Å²) in [4.78, 5) is 20.7. The Balaban J connectivity index is 3.56. The summed E-state index contributed by atoms with van der Waals surface area (Å²) in [6.45, 7) is -1.32. The maximum atomic E-state index is 10.7. The number of carbonyl (C=O) groups is 2. The topological polar surface area (TPSA) is 134 Å². The van der Waals surface area contributed by atoms with E-state index in [1.807, 2.05) is 0 Å². The molecule has 10 heteroatoms. The van der Waals surface area contributed by atoms with Crippen molar-refractivity contribution in [3.63, 3.8) is 0 Å². The van der Waals surface area contributed by atoms with E-state index < -0.39 is 33.3 Å². The third kappa shape index (κ3) is 6.52. The minimum atomic E-state index is -2.99. The fourth-order valence-electron chi connectivity index (χ4n) is 0.355. The molecular weight excluding hydrogens is 219 g/mol. The molecule has 0 spiro atoms. The summed E-state index contributed by atoms with van der Waals surface area (Å²) in [6.07, 6.45) is 0. The van der Waals surface area contributed by atoms with Crippen molar-refractivity contribution in [3.05, 3.63) is 0 Å². The molecule has 82 valence electrons. The molecule has 0 aromatic carbocycles. The Morgan fingerprint density at radius 2 is 1.43 bits per heavy atom. The van der Waals surface area contributed by atoms with Gasteiger partial charge in [-0.05, 0) is 0 Å². The normalized spacial score (nSPS) is 9.93. The molecule has 0 fully saturated rings. The second kappa shape index (κ2) is 7.42. The third-order valence-corrected chi connectivity index (χ3v) is 1.65. The van der Waals surface area contributed by atoms with Crippen molar-refractivity contribution in [1.82, 2.24) is 11.0 Å². The van der Waals surface area contributed by atoms with Crippen LogP contribution >= 0.6 is 8.25 Å². The Kier molecular flexibility index (Phi) is 6.89. The molecule has 0 aromatic heterocycles. The van der Waals surface area contributed by atoms with Gasteiger partial charge >= 0.3 is 8.25 Å². The van der Waals surface area contributed by atoms with Crippen LogP contribution < -0.4 is 11.0 Å². The number of hydrogen-bond acceptors (Lipinski definition) is 7. The summed E-state index contributed by atoms with van der Waals surface area (Å²) < 4.78 is 19.3. The third-order valence-electron chi connectivity index (χ3n) is 0.892. The zero-order valence-electron chi connectivity index (χ0n) is 6.85. The van der Waals surface area contributed by atoms with E-state index in [0.29, 0.717) is 0 Å². The van der Waals surface area contributed by atoms with Gasteiger partial charge in [0, 0.05) is 0 Å². The van der Waals surface area contributed by atoms with Crippen LogP contribution in [0.1, 0.15) is 0 Å². The van der Waals surface area contributed by atoms with Gasteiger partial charge in [-0.2, -0.15) is 0 Å². The second-order valence-electron chi connectivity index (χ2n) is 1.90. The predicted molar refractivity (Wildman–Crippen MR) is 40.8 cm³/mol. The minimum Gasteiger partial charge on any atom is -0.301 e. The van der Waals surface area contributed by atoms with Crippen LogP contribution in [-0.2, 0) is 23.2 Å². The van der Waals surface area contributed by atoms with Gasteiger partial charge in [-0.25, -0.2) is 11.0 Å². The quantitative estimate of drug-likeness (QED) is 0.245. The van der Waals surface area contributed by atoms with E-state index in [0.717, 1.165) is 0 Å². The van der Waals surface area contributed by atoms with E-state index in [-0.39, 0.29) is 0 Å². The zero-order chi connectivity index (χ0) is 11.0. The van der Waals surface area contributed by atoms with Gasteiger partial charge in [0.15, 0.2) is 0 Å². The molecule has 0 aromatic rings. The molecular formula is C4H9N2O7P. The lowest BCUT2D eigenvalue weighted by Gasteiger charge is -2.03. The molecule has 0 bridgehead atoms. The number of hydroxylamine groups is 2. The molecule has 0 radical (unpaired) electrons. The highest BCUT2D eigenvalue weighted by Gasteiger charge is 2.07. The molecule has 14 heavy (non-hydrogen) atoms. The zero-order valence-corrected chi connectivity index (χ0v) is 7.85. The van der Waals surface area contributed by atoms with Crippen LogP contribution in [0.3, 0.4) is 0 Å². The molecule has 0 saturated carbocycles. The average Bonchev–Trinajstić information content (AvgIpc) is 2.22. The monoisotopic (exact) mass is 228 g/mol. The number of carbonyl (C=O) groups excluding carboxylic acids is 2. The summed E-state index contributed by atoms with van der Waals surface area (Å²) in [5.41, 5.74) is 2.47. The molecule has 0 unspecified atom stereocenters. The van der Waals surface area contributed by atoms with Crippen molar-refractivity contribution in [2.24, 2.45) is 0 Å². The van der Waals surface area contributed by atoms with E-state index in [4.69, 9.17) is 10.4 Å². The minimum absolute atomic E-state index is 0.658. The lowest BCUT2D eigenvalue weighted by molar-refractivity contribution is -0.132. The van der Waals surface area contributed by atoms with Gasteiger partial charge in [-0.3, -0.25) is 24.6 Å². The van der Waals surface area contributed by atoms with Gasteiger partial charge in [0.25, 0.3) is 11.8 Å². The van der Waals surface area contributed by atoms with Crippen molar-refractivity contribution < 1.29 is 33.6 Å². The van der Waals surface area contributed by atoms with Crippen molar-refractivity contribution in [2.45, 2.75) is 0 Å². The molecule has 0 aliphatic rings. The van der Waals surface area contributed by atoms with Crippen LogP contribution in [0.25, 0.3) is 0 Å². The smallest absolute Gasteiger partial charge is 0.301 e. The second-order valence-corrected chi connectivity index (χ2v) is 2.97. The van der Waals surface area contributed by atoms with E-state index in [1.54, 1.807) is 0 Å². The molecule has 4 N–H and O–H groups in total. The Morgan fingerprint density at radius 1 is 1.07 bits per heavy atom. The van der Waals surface area contributed by atoms with Crippen LogP contribution in [0, 0.1) is 0 Å². The van der Waals surface area contributed by atoms with Crippen LogP contribution in [0.4, 0.5) is 0 Å². The molecule has 0 aliphatic carbocycles. The van der Waals surface area contributed by atoms with Crippen molar-refractivity contribution in [2.75, 3.05) is 13.2 Å². The van der Waals surface area contributed by atoms with Crippen LogP contribution in [0.5, 0.6) is 0 Å². The SMILES string of the molecule is O=C(CO[PH](=O)OCC(=O)NO)NO. The Morgan fingerprint density at radius 3 is 1.71 bits per heavy atom. The fourth-order valence-corrected chi connectivity index (χ4v) is 0.936. The van der Waals surface area contributed by atoms with E-state index in [2.05, 4.69) is 9.05 Å². The molecule has 0 saturated heterocycles. The van der Waals surface area contributed by atoms with Gasteiger partial charge in [-0.15, -0.1) is 0 Å².